The quantitative estimate of drug-likeness (QED) is 0.790. The van der Waals surface area contributed by atoms with E-state index in [2.05, 4.69) is 22.5 Å². The number of aromatic nitrogens is 1. The molecule has 17 heavy (non-hydrogen) atoms. The maximum absolute atomic E-state index is 12.1. The third-order valence-electron chi connectivity index (χ3n) is 3.78. The molecule has 1 fully saturated rings. The molecule has 88 valence electrons. The van der Waals surface area contributed by atoms with Crippen molar-refractivity contribution in [3.05, 3.63) is 36.0 Å². The van der Waals surface area contributed by atoms with E-state index in [1.807, 2.05) is 19.1 Å². The van der Waals surface area contributed by atoms with Crippen LogP contribution in [0.1, 0.15) is 18.4 Å². The SMILES string of the molecule is Cc1ccc(NC(=O)[C@H]2C[C@H]3C=C[C@H]2C3)nc1. The van der Waals surface area contributed by atoms with E-state index in [1.165, 1.54) is 0 Å². The lowest BCUT2D eigenvalue weighted by molar-refractivity contribution is -0.120. The Morgan fingerprint density at radius 2 is 2.24 bits per heavy atom. The van der Waals surface area contributed by atoms with Gasteiger partial charge in [0, 0.05) is 12.1 Å². The molecule has 1 aromatic rings. The molecule has 0 unspecified atom stereocenters. The van der Waals surface area contributed by atoms with E-state index in [0.29, 0.717) is 17.7 Å². The molecule has 0 aromatic carbocycles. The summed E-state index contributed by atoms with van der Waals surface area (Å²) < 4.78 is 0. The van der Waals surface area contributed by atoms with Crippen molar-refractivity contribution in [3.63, 3.8) is 0 Å². The molecule has 1 N–H and O–H groups in total. The molecule has 0 aliphatic heterocycles. The Labute approximate surface area is 101 Å². The van der Waals surface area contributed by atoms with Gasteiger partial charge in [0.05, 0.1) is 0 Å². The molecule has 1 saturated carbocycles. The molecule has 0 radical (unpaired) electrons. The summed E-state index contributed by atoms with van der Waals surface area (Å²) in [5.41, 5.74) is 1.10. The molecule has 2 aliphatic rings. The average Bonchev–Trinajstić information content (AvgIpc) is 2.94. The number of aryl methyl sites for hydroxylation is 1. The summed E-state index contributed by atoms with van der Waals surface area (Å²) in [6.07, 6.45) is 8.37. The first-order valence-corrected chi connectivity index (χ1v) is 6.14. The summed E-state index contributed by atoms with van der Waals surface area (Å²) in [6, 6.07) is 3.82. The normalized spacial score (nSPS) is 29.6. The first-order valence-electron chi connectivity index (χ1n) is 6.14. The second kappa shape index (κ2) is 3.99. The van der Waals surface area contributed by atoms with Gasteiger partial charge in [0.25, 0.3) is 0 Å². The Balaban J connectivity index is 1.68. The zero-order valence-corrected chi connectivity index (χ0v) is 9.89. The fraction of sp³-hybridized carbons (Fsp3) is 0.429. The summed E-state index contributed by atoms with van der Waals surface area (Å²) in [4.78, 5) is 16.3. The van der Waals surface area contributed by atoms with Crippen molar-refractivity contribution in [2.45, 2.75) is 19.8 Å². The van der Waals surface area contributed by atoms with E-state index in [0.717, 1.165) is 18.4 Å². The van der Waals surface area contributed by atoms with Crippen molar-refractivity contribution in [2.75, 3.05) is 5.32 Å². The van der Waals surface area contributed by atoms with Gasteiger partial charge in [-0.2, -0.15) is 0 Å². The monoisotopic (exact) mass is 228 g/mol. The van der Waals surface area contributed by atoms with Crippen LogP contribution in [0.2, 0.25) is 0 Å². The van der Waals surface area contributed by atoms with Crippen LogP contribution in [0.5, 0.6) is 0 Å². The summed E-state index contributed by atoms with van der Waals surface area (Å²) in [7, 11) is 0. The predicted molar refractivity (Wildman–Crippen MR) is 66.4 cm³/mol. The second-order valence-corrected chi connectivity index (χ2v) is 5.10. The molecule has 0 spiro atoms. The lowest BCUT2D eigenvalue weighted by Gasteiger charge is -2.17. The van der Waals surface area contributed by atoms with E-state index >= 15 is 0 Å². The van der Waals surface area contributed by atoms with Gasteiger partial charge in [-0.3, -0.25) is 4.79 Å². The first-order chi connectivity index (χ1) is 8.22. The lowest BCUT2D eigenvalue weighted by atomic mass is 9.93. The highest BCUT2D eigenvalue weighted by Crippen LogP contribution is 2.43. The lowest BCUT2D eigenvalue weighted by Crippen LogP contribution is -2.26. The number of carbonyl (C=O) groups excluding carboxylic acids is 1. The molecule has 1 aromatic heterocycles. The van der Waals surface area contributed by atoms with E-state index < -0.39 is 0 Å². The van der Waals surface area contributed by atoms with Gasteiger partial charge >= 0.3 is 0 Å². The largest absolute Gasteiger partial charge is 0.310 e. The Morgan fingerprint density at radius 3 is 2.82 bits per heavy atom. The molecule has 0 saturated heterocycles. The van der Waals surface area contributed by atoms with Crippen LogP contribution >= 0.6 is 0 Å². The molecule has 1 heterocycles. The van der Waals surface area contributed by atoms with Crippen molar-refractivity contribution in [3.8, 4) is 0 Å². The molecule has 2 aliphatic carbocycles. The number of carbonyl (C=O) groups is 1. The van der Waals surface area contributed by atoms with Crippen LogP contribution < -0.4 is 5.32 Å². The van der Waals surface area contributed by atoms with Gasteiger partial charge in [0.1, 0.15) is 5.82 Å². The Hall–Kier alpha value is -1.64. The number of nitrogens with one attached hydrogen (secondary N) is 1. The van der Waals surface area contributed by atoms with Crippen molar-refractivity contribution in [1.82, 2.24) is 4.98 Å². The third-order valence-corrected chi connectivity index (χ3v) is 3.78. The van der Waals surface area contributed by atoms with E-state index in [-0.39, 0.29) is 11.8 Å². The summed E-state index contributed by atoms with van der Waals surface area (Å²) in [6.45, 7) is 1.99. The zero-order chi connectivity index (χ0) is 11.8. The van der Waals surface area contributed by atoms with Gasteiger partial charge < -0.3 is 5.32 Å². The van der Waals surface area contributed by atoms with Crippen LogP contribution in [0.3, 0.4) is 0 Å². The van der Waals surface area contributed by atoms with Gasteiger partial charge in [-0.25, -0.2) is 4.98 Å². The van der Waals surface area contributed by atoms with Crippen LogP contribution in [0.15, 0.2) is 30.5 Å². The van der Waals surface area contributed by atoms with Crippen LogP contribution in [0.4, 0.5) is 5.82 Å². The minimum atomic E-state index is 0.123. The number of hydrogen-bond acceptors (Lipinski definition) is 2. The Bertz CT molecular complexity index is 464. The number of anilines is 1. The summed E-state index contributed by atoms with van der Waals surface area (Å²) in [5.74, 6) is 2.01. The molecule has 3 rings (SSSR count). The second-order valence-electron chi connectivity index (χ2n) is 5.10. The minimum Gasteiger partial charge on any atom is -0.310 e. The predicted octanol–water partition coefficient (Wildman–Crippen LogP) is 2.54. The van der Waals surface area contributed by atoms with Crippen LogP contribution in [-0.2, 0) is 4.79 Å². The summed E-state index contributed by atoms with van der Waals surface area (Å²) >= 11 is 0. The number of amides is 1. The number of allylic oxidation sites excluding steroid dienone is 2. The Kier molecular flexibility index (Phi) is 2.46. The molecule has 3 atom stereocenters. The molecule has 3 nitrogen and oxygen atoms in total. The number of rotatable bonds is 2. The number of fused-ring (bicyclic) bond motifs is 2. The summed E-state index contributed by atoms with van der Waals surface area (Å²) in [5, 5.41) is 2.91. The van der Waals surface area contributed by atoms with Crippen molar-refractivity contribution in [2.24, 2.45) is 17.8 Å². The van der Waals surface area contributed by atoms with Crippen molar-refractivity contribution >= 4 is 11.7 Å². The third kappa shape index (κ3) is 1.97. The topological polar surface area (TPSA) is 42.0 Å². The number of nitrogens with zero attached hydrogens (tertiary/aromatic N) is 1. The smallest absolute Gasteiger partial charge is 0.229 e. The van der Waals surface area contributed by atoms with Crippen LogP contribution in [-0.4, -0.2) is 10.9 Å². The van der Waals surface area contributed by atoms with Crippen molar-refractivity contribution < 1.29 is 4.79 Å². The van der Waals surface area contributed by atoms with E-state index in [1.54, 1.807) is 6.20 Å². The zero-order valence-electron chi connectivity index (χ0n) is 9.89. The Morgan fingerprint density at radius 1 is 1.35 bits per heavy atom. The maximum Gasteiger partial charge on any atom is 0.229 e. The molecule has 2 bridgehead atoms. The number of pyridine rings is 1. The van der Waals surface area contributed by atoms with Gasteiger partial charge in [0.2, 0.25) is 5.91 Å². The maximum atomic E-state index is 12.1. The first kappa shape index (κ1) is 10.5. The fourth-order valence-corrected chi connectivity index (χ4v) is 2.84. The molecular formula is C14H16N2O. The van der Waals surface area contributed by atoms with Crippen LogP contribution in [0, 0.1) is 24.7 Å². The highest BCUT2D eigenvalue weighted by Gasteiger charge is 2.39. The molecular weight excluding hydrogens is 212 g/mol. The van der Waals surface area contributed by atoms with Gasteiger partial charge in [-0.1, -0.05) is 18.2 Å². The highest BCUT2D eigenvalue weighted by molar-refractivity contribution is 5.92. The average molecular weight is 228 g/mol. The van der Waals surface area contributed by atoms with Gasteiger partial charge in [-0.05, 0) is 43.2 Å². The standard InChI is InChI=1S/C14H16N2O/c1-9-2-5-13(15-8-9)16-14(17)12-7-10-3-4-11(12)6-10/h2-5,8,10-12H,6-7H2,1H3,(H,15,16,17)/t10-,11-,12-/m0/s1. The van der Waals surface area contributed by atoms with Crippen LogP contribution in [0.25, 0.3) is 0 Å². The minimum absolute atomic E-state index is 0.123. The van der Waals surface area contributed by atoms with Gasteiger partial charge in [-0.15, -0.1) is 0 Å². The molecule has 3 heteroatoms. The molecule has 1 amide bonds. The van der Waals surface area contributed by atoms with Crippen molar-refractivity contribution in [1.29, 1.82) is 0 Å². The van der Waals surface area contributed by atoms with E-state index in [9.17, 15) is 4.79 Å². The highest BCUT2D eigenvalue weighted by atomic mass is 16.2. The van der Waals surface area contributed by atoms with E-state index in [4.69, 9.17) is 0 Å². The van der Waals surface area contributed by atoms with Gasteiger partial charge in [0.15, 0.2) is 0 Å². The number of hydrogen-bond donors (Lipinski definition) is 1. The fourth-order valence-electron chi connectivity index (χ4n) is 2.84.